The quantitative estimate of drug-likeness (QED) is 0.701. The molecule has 0 aromatic heterocycles. The van der Waals surface area contributed by atoms with Gasteiger partial charge in [-0.05, 0) is 88.2 Å². The van der Waals surface area contributed by atoms with E-state index in [1.807, 2.05) is 36.1 Å². The van der Waals surface area contributed by atoms with E-state index in [1.165, 1.54) is 19.3 Å². The molecular formula is C26H36N2O4. The molecule has 174 valence electrons. The van der Waals surface area contributed by atoms with Crippen LogP contribution in [0.5, 0.6) is 11.5 Å². The highest BCUT2D eigenvalue weighted by atomic mass is 16.5. The van der Waals surface area contributed by atoms with Crippen LogP contribution >= 0.6 is 0 Å². The summed E-state index contributed by atoms with van der Waals surface area (Å²) in [5.41, 5.74) is -0.0938. The molecular weight excluding hydrogens is 404 g/mol. The molecule has 5 aliphatic rings. The Balaban J connectivity index is 1.09. The molecule has 4 bridgehead atoms. The van der Waals surface area contributed by atoms with Crippen molar-refractivity contribution in [1.29, 1.82) is 0 Å². The normalized spacial score (nSPS) is 31.4. The number of nitrogens with one attached hydrogen (secondary N) is 1. The van der Waals surface area contributed by atoms with Crippen molar-refractivity contribution in [3.05, 3.63) is 24.3 Å². The minimum atomic E-state index is -0.0938. The number of ether oxygens (including phenoxy) is 2. The van der Waals surface area contributed by atoms with Crippen LogP contribution in [0.3, 0.4) is 0 Å². The zero-order valence-electron chi connectivity index (χ0n) is 19.2. The molecule has 2 amide bonds. The number of rotatable bonds is 7. The molecule has 6 nitrogen and oxygen atoms in total. The Labute approximate surface area is 191 Å². The van der Waals surface area contributed by atoms with Gasteiger partial charge in [0.2, 0.25) is 5.91 Å². The monoisotopic (exact) mass is 440 g/mol. The number of hydrogen-bond donors (Lipinski definition) is 1. The number of carbonyl (C=O) groups is 2. The van der Waals surface area contributed by atoms with E-state index in [0.29, 0.717) is 37.1 Å². The van der Waals surface area contributed by atoms with Crippen molar-refractivity contribution in [3.8, 4) is 11.5 Å². The van der Waals surface area contributed by atoms with Crippen LogP contribution in [0.2, 0.25) is 0 Å². The summed E-state index contributed by atoms with van der Waals surface area (Å²) in [5.74, 6) is 3.88. The molecule has 1 aromatic carbocycles. The minimum absolute atomic E-state index is 0.00832. The highest BCUT2D eigenvalue weighted by Gasteiger charge is 2.54. The average molecular weight is 441 g/mol. The van der Waals surface area contributed by atoms with E-state index in [2.05, 4.69) is 5.32 Å². The molecule has 6 rings (SSSR count). The molecule has 4 aliphatic carbocycles. The van der Waals surface area contributed by atoms with E-state index >= 15 is 0 Å². The summed E-state index contributed by atoms with van der Waals surface area (Å²) in [5, 5.41) is 3.39. The summed E-state index contributed by atoms with van der Waals surface area (Å²) >= 11 is 0. The maximum absolute atomic E-state index is 13.3. The molecule has 5 fully saturated rings. The SMILES string of the molecule is CCOc1ccccc1OCC(=O)N1CCC(NC(=O)C23CC4CC(CC(C4)C2)C3)CC1. The first-order valence-corrected chi connectivity index (χ1v) is 12.5. The smallest absolute Gasteiger partial charge is 0.260 e. The first-order chi connectivity index (χ1) is 15.5. The fourth-order valence-corrected chi connectivity index (χ4v) is 7.08. The molecule has 1 aliphatic heterocycles. The number of piperidine rings is 1. The lowest BCUT2D eigenvalue weighted by Crippen LogP contribution is -2.56. The first-order valence-electron chi connectivity index (χ1n) is 12.5. The van der Waals surface area contributed by atoms with Crippen LogP contribution in [-0.2, 0) is 9.59 Å². The topological polar surface area (TPSA) is 67.9 Å². The van der Waals surface area contributed by atoms with Crippen LogP contribution < -0.4 is 14.8 Å². The number of nitrogens with zero attached hydrogens (tertiary/aromatic N) is 1. The van der Waals surface area contributed by atoms with Crippen LogP contribution in [0.15, 0.2) is 24.3 Å². The van der Waals surface area contributed by atoms with Crippen molar-refractivity contribution in [2.45, 2.75) is 64.3 Å². The summed E-state index contributed by atoms with van der Waals surface area (Å²) in [6.07, 6.45) is 8.99. The highest BCUT2D eigenvalue weighted by molar-refractivity contribution is 5.83. The second kappa shape index (κ2) is 8.95. The molecule has 1 aromatic rings. The van der Waals surface area contributed by atoms with Crippen LogP contribution in [0.1, 0.15) is 58.3 Å². The predicted molar refractivity (Wildman–Crippen MR) is 121 cm³/mol. The maximum atomic E-state index is 13.3. The van der Waals surface area contributed by atoms with Gasteiger partial charge in [0.1, 0.15) is 0 Å². The van der Waals surface area contributed by atoms with Crippen molar-refractivity contribution in [3.63, 3.8) is 0 Å². The maximum Gasteiger partial charge on any atom is 0.260 e. The molecule has 32 heavy (non-hydrogen) atoms. The van der Waals surface area contributed by atoms with E-state index in [0.717, 1.165) is 49.9 Å². The molecule has 0 spiro atoms. The van der Waals surface area contributed by atoms with E-state index in [4.69, 9.17) is 9.47 Å². The zero-order valence-corrected chi connectivity index (χ0v) is 19.2. The molecule has 0 atom stereocenters. The number of hydrogen-bond acceptors (Lipinski definition) is 4. The zero-order chi connectivity index (χ0) is 22.1. The van der Waals surface area contributed by atoms with Gasteiger partial charge in [-0.1, -0.05) is 12.1 Å². The first kappa shape index (κ1) is 21.6. The molecule has 0 radical (unpaired) electrons. The van der Waals surface area contributed by atoms with Crippen molar-refractivity contribution < 1.29 is 19.1 Å². The van der Waals surface area contributed by atoms with Gasteiger partial charge in [0, 0.05) is 24.5 Å². The Morgan fingerprint density at radius 2 is 1.53 bits per heavy atom. The third-order valence-electron chi connectivity index (χ3n) is 8.20. The van der Waals surface area contributed by atoms with E-state index in [9.17, 15) is 9.59 Å². The molecule has 4 saturated carbocycles. The highest BCUT2D eigenvalue weighted by Crippen LogP contribution is 2.60. The van der Waals surface area contributed by atoms with Crippen molar-refractivity contribution in [2.75, 3.05) is 26.3 Å². The lowest BCUT2D eigenvalue weighted by Gasteiger charge is -2.56. The summed E-state index contributed by atoms with van der Waals surface area (Å²) in [7, 11) is 0. The number of para-hydroxylation sites is 2. The van der Waals surface area contributed by atoms with Gasteiger partial charge in [0.05, 0.1) is 6.61 Å². The van der Waals surface area contributed by atoms with Crippen molar-refractivity contribution in [2.24, 2.45) is 23.2 Å². The molecule has 1 heterocycles. The van der Waals surface area contributed by atoms with Crippen molar-refractivity contribution >= 4 is 11.8 Å². The molecule has 6 heteroatoms. The Hall–Kier alpha value is -2.24. The summed E-state index contributed by atoms with van der Waals surface area (Å²) in [6.45, 7) is 3.82. The Kier molecular flexibility index (Phi) is 6.04. The van der Waals surface area contributed by atoms with Gasteiger partial charge in [0.25, 0.3) is 5.91 Å². The fourth-order valence-electron chi connectivity index (χ4n) is 7.08. The van der Waals surface area contributed by atoms with Gasteiger partial charge in [-0.2, -0.15) is 0 Å². The summed E-state index contributed by atoms with van der Waals surface area (Å²) in [6, 6.07) is 7.62. The number of amides is 2. The molecule has 1 N–H and O–H groups in total. The molecule has 1 saturated heterocycles. The van der Waals surface area contributed by atoms with Crippen LogP contribution in [0.25, 0.3) is 0 Å². The van der Waals surface area contributed by atoms with Gasteiger partial charge >= 0.3 is 0 Å². The average Bonchev–Trinajstić information content (AvgIpc) is 2.78. The van der Waals surface area contributed by atoms with Gasteiger partial charge in [0.15, 0.2) is 18.1 Å². The summed E-state index contributed by atoms with van der Waals surface area (Å²) in [4.78, 5) is 27.8. The van der Waals surface area contributed by atoms with E-state index < -0.39 is 0 Å². The Bertz CT molecular complexity index is 811. The third-order valence-corrected chi connectivity index (χ3v) is 8.20. The van der Waals surface area contributed by atoms with Gasteiger partial charge in [-0.25, -0.2) is 0 Å². The van der Waals surface area contributed by atoms with Gasteiger partial charge < -0.3 is 19.7 Å². The Morgan fingerprint density at radius 1 is 0.969 bits per heavy atom. The third kappa shape index (κ3) is 4.33. The van der Waals surface area contributed by atoms with Gasteiger partial charge in [-0.3, -0.25) is 9.59 Å². The number of carbonyl (C=O) groups excluding carboxylic acids is 2. The lowest BCUT2D eigenvalue weighted by atomic mass is 9.49. The standard InChI is InChI=1S/C26H36N2O4/c1-2-31-22-5-3-4-6-23(22)32-17-24(29)28-9-7-21(8-10-28)27-25(30)26-14-18-11-19(15-26)13-20(12-18)16-26/h3-6,18-21H,2,7-17H2,1H3,(H,27,30). The second-order valence-electron chi connectivity index (χ2n) is 10.5. The van der Waals surface area contributed by atoms with Crippen LogP contribution in [0, 0.1) is 23.2 Å². The number of likely N-dealkylation sites (tertiary alicyclic amines) is 1. The minimum Gasteiger partial charge on any atom is -0.490 e. The number of benzene rings is 1. The van der Waals surface area contributed by atoms with E-state index in [1.54, 1.807) is 0 Å². The molecule has 0 unspecified atom stereocenters. The lowest BCUT2D eigenvalue weighted by molar-refractivity contribution is -0.147. The van der Waals surface area contributed by atoms with E-state index in [-0.39, 0.29) is 24.0 Å². The van der Waals surface area contributed by atoms with Crippen molar-refractivity contribution in [1.82, 2.24) is 10.2 Å². The largest absolute Gasteiger partial charge is 0.490 e. The van der Waals surface area contributed by atoms with Crippen LogP contribution in [-0.4, -0.2) is 49.1 Å². The summed E-state index contributed by atoms with van der Waals surface area (Å²) < 4.78 is 11.3. The van der Waals surface area contributed by atoms with Crippen LogP contribution in [0.4, 0.5) is 0 Å². The predicted octanol–water partition coefficient (Wildman–Crippen LogP) is 3.79. The fraction of sp³-hybridized carbons (Fsp3) is 0.692. The van der Waals surface area contributed by atoms with Gasteiger partial charge in [-0.15, -0.1) is 0 Å². The second-order valence-corrected chi connectivity index (χ2v) is 10.5. The Morgan fingerprint density at radius 3 is 2.09 bits per heavy atom.